The first-order chi connectivity index (χ1) is 7.67. The van der Waals surface area contributed by atoms with Gasteiger partial charge in [0, 0.05) is 4.90 Å². The maximum Gasteiger partial charge on any atom is 0.367 e. The maximum atomic E-state index is 11.3. The average Bonchev–Trinajstić information content (AvgIpc) is 2.28. The highest BCUT2D eigenvalue weighted by molar-refractivity contribution is 8.15. The van der Waals surface area contributed by atoms with Gasteiger partial charge in [-0.15, -0.1) is 0 Å². The van der Waals surface area contributed by atoms with Gasteiger partial charge in [-0.05, 0) is 26.0 Å². The fraction of sp³-hybridized carbons (Fsp3) is 0.273. The molecule has 0 amide bonds. The van der Waals surface area contributed by atoms with Crippen molar-refractivity contribution in [2.75, 3.05) is 6.61 Å². The molecule has 1 rings (SSSR count). The number of hydrogen-bond donors (Lipinski definition) is 1. The summed E-state index contributed by atoms with van der Waals surface area (Å²) in [4.78, 5) is 12.1. The number of esters is 1. The van der Waals surface area contributed by atoms with Gasteiger partial charge < -0.3 is 9.94 Å². The van der Waals surface area contributed by atoms with Crippen LogP contribution < -0.4 is 0 Å². The van der Waals surface area contributed by atoms with Crippen molar-refractivity contribution >= 4 is 22.8 Å². The summed E-state index contributed by atoms with van der Waals surface area (Å²) in [5.41, 5.74) is 1.13. The van der Waals surface area contributed by atoms with Crippen molar-refractivity contribution < 1.29 is 14.7 Å². The number of rotatable bonds is 2. The second kappa shape index (κ2) is 6.17. The third-order valence-electron chi connectivity index (χ3n) is 1.78. The lowest BCUT2D eigenvalue weighted by atomic mass is 10.2. The van der Waals surface area contributed by atoms with Crippen LogP contribution in [0, 0.1) is 6.92 Å². The Kier molecular flexibility index (Phi) is 4.85. The molecular formula is C11H13NO3S. The van der Waals surface area contributed by atoms with Crippen LogP contribution in [0.15, 0.2) is 34.3 Å². The summed E-state index contributed by atoms with van der Waals surface area (Å²) < 4.78 is 4.74. The van der Waals surface area contributed by atoms with Gasteiger partial charge in [-0.1, -0.05) is 34.6 Å². The molecule has 5 heteroatoms. The molecule has 0 aliphatic rings. The average molecular weight is 239 g/mol. The van der Waals surface area contributed by atoms with E-state index in [0.717, 1.165) is 22.2 Å². The van der Waals surface area contributed by atoms with Crippen LogP contribution in [-0.2, 0) is 9.53 Å². The van der Waals surface area contributed by atoms with Crippen LogP contribution >= 0.6 is 11.8 Å². The molecule has 86 valence electrons. The normalized spacial score (nSPS) is 11.2. The second-order valence-corrected chi connectivity index (χ2v) is 4.10. The lowest BCUT2D eigenvalue weighted by Gasteiger charge is -2.03. The quantitative estimate of drug-likeness (QED) is 0.215. The fourth-order valence-corrected chi connectivity index (χ4v) is 1.69. The first kappa shape index (κ1) is 12.6. The molecule has 4 nitrogen and oxygen atoms in total. The molecule has 1 aromatic rings. The number of nitrogens with zero attached hydrogens (tertiary/aromatic N) is 1. The first-order valence-corrected chi connectivity index (χ1v) is 5.62. The monoisotopic (exact) mass is 239 g/mol. The fourth-order valence-electron chi connectivity index (χ4n) is 1.01. The van der Waals surface area contributed by atoms with Gasteiger partial charge in [0.25, 0.3) is 0 Å². The van der Waals surface area contributed by atoms with E-state index >= 15 is 0 Å². The van der Waals surface area contributed by atoms with E-state index in [2.05, 4.69) is 5.16 Å². The molecule has 0 saturated carbocycles. The Morgan fingerprint density at radius 1 is 1.44 bits per heavy atom. The van der Waals surface area contributed by atoms with Crippen molar-refractivity contribution in [2.45, 2.75) is 18.7 Å². The van der Waals surface area contributed by atoms with Crippen LogP contribution in [0.5, 0.6) is 0 Å². The second-order valence-electron chi connectivity index (χ2n) is 3.04. The highest BCUT2D eigenvalue weighted by Crippen LogP contribution is 2.20. The van der Waals surface area contributed by atoms with Gasteiger partial charge in [0.15, 0.2) is 0 Å². The van der Waals surface area contributed by atoms with E-state index in [1.807, 2.05) is 31.2 Å². The zero-order valence-electron chi connectivity index (χ0n) is 9.14. The number of carbonyl (C=O) groups excluding carboxylic acids is 1. The summed E-state index contributed by atoms with van der Waals surface area (Å²) in [6.45, 7) is 3.93. The number of hydrogen-bond acceptors (Lipinski definition) is 5. The predicted octanol–water partition coefficient (Wildman–Crippen LogP) is 2.44. The van der Waals surface area contributed by atoms with Crippen molar-refractivity contribution in [3.8, 4) is 0 Å². The van der Waals surface area contributed by atoms with Crippen LogP contribution in [0.1, 0.15) is 12.5 Å². The molecule has 0 fully saturated rings. The van der Waals surface area contributed by atoms with Crippen molar-refractivity contribution in [1.82, 2.24) is 0 Å². The van der Waals surface area contributed by atoms with Gasteiger partial charge in [-0.25, -0.2) is 4.79 Å². The topological polar surface area (TPSA) is 58.9 Å². The van der Waals surface area contributed by atoms with Crippen LogP contribution in [0.2, 0.25) is 0 Å². The van der Waals surface area contributed by atoms with Crippen molar-refractivity contribution in [3.05, 3.63) is 29.8 Å². The number of carbonyl (C=O) groups is 1. The van der Waals surface area contributed by atoms with Crippen LogP contribution in [0.3, 0.4) is 0 Å². The molecule has 0 spiro atoms. The van der Waals surface area contributed by atoms with Crippen molar-refractivity contribution in [1.29, 1.82) is 0 Å². The van der Waals surface area contributed by atoms with Gasteiger partial charge in [-0.3, -0.25) is 0 Å². The molecule has 0 aromatic heterocycles. The Bertz CT molecular complexity index is 387. The molecule has 0 aliphatic heterocycles. The lowest BCUT2D eigenvalue weighted by Crippen LogP contribution is -2.14. The number of aryl methyl sites for hydroxylation is 1. The van der Waals surface area contributed by atoms with E-state index in [1.165, 1.54) is 0 Å². The summed E-state index contributed by atoms with van der Waals surface area (Å²) in [5, 5.41) is 11.6. The number of benzene rings is 1. The number of thioether (sulfide) groups is 1. The van der Waals surface area contributed by atoms with Crippen molar-refractivity contribution in [2.24, 2.45) is 5.16 Å². The third kappa shape index (κ3) is 3.58. The van der Waals surface area contributed by atoms with Gasteiger partial charge in [0.1, 0.15) is 0 Å². The minimum absolute atomic E-state index is 0.0642. The molecule has 0 aliphatic carbocycles. The zero-order chi connectivity index (χ0) is 12.0. The third-order valence-corrected chi connectivity index (χ3v) is 2.73. The smallest absolute Gasteiger partial charge is 0.367 e. The molecule has 1 aromatic carbocycles. The predicted molar refractivity (Wildman–Crippen MR) is 62.9 cm³/mol. The highest BCUT2D eigenvalue weighted by atomic mass is 32.2. The molecule has 1 N–H and O–H groups in total. The Morgan fingerprint density at radius 3 is 2.56 bits per heavy atom. The molecule has 0 saturated heterocycles. The largest absolute Gasteiger partial charge is 0.461 e. The van der Waals surface area contributed by atoms with E-state index in [1.54, 1.807) is 6.92 Å². The van der Waals surface area contributed by atoms with E-state index < -0.39 is 5.97 Å². The zero-order valence-corrected chi connectivity index (χ0v) is 9.95. The minimum atomic E-state index is -0.615. The molecule has 0 radical (unpaired) electrons. The Labute approximate surface area is 98.3 Å². The van der Waals surface area contributed by atoms with Crippen molar-refractivity contribution in [3.63, 3.8) is 0 Å². The molecular weight excluding hydrogens is 226 g/mol. The summed E-state index contributed by atoms with van der Waals surface area (Å²) in [7, 11) is 0. The van der Waals surface area contributed by atoms with Gasteiger partial charge in [0.2, 0.25) is 5.04 Å². The van der Waals surface area contributed by atoms with Crippen LogP contribution in [0.25, 0.3) is 0 Å². The van der Waals surface area contributed by atoms with Crippen LogP contribution in [-0.4, -0.2) is 22.8 Å². The SMILES string of the molecule is CCOC(=O)/C(=N/O)Sc1ccc(C)cc1. The summed E-state index contributed by atoms with van der Waals surface area (Å²) in [5.74, 6) is -0.615. The van der Waals surface area contributed by atoms with Gasteiger partial charge in [0.05, 0.1) is 6.61 Å². The Morgan fingerprint density at radius 2 is 2.06 bits per heavy atom. The number of oxime groups is 1. The highest BCUT2D eigenvalue weighted by Gasteiger charge is 2.14. The maximum absolute atomic E-state index is 11.3. The van der Waals surface area contributed by atoms with Crippen LogP contribution in [0.4, 0.5) is 0 Å². The van der Waals surface area contributed by atoms with E-state index in [0.29, 0.717) is 0 Å². The van der Waals surface area contributed by atoms with E-state index in [-0.39, 0.29) is 11.7 Å². The van der Waals surface area contributed by atoms with E-state index in [4.69, 9.17) is 9.94 Å². The Hall–Kier alpha value is -1.49. The summed E-state index contributed by atoms with van der Waals surface area (Å²) >= 11 is 1.07. The number of ether oxygens (including phenoxy) is 1. The molecule has 0 unspecified atom stereocenters. The van der Waals surface area contributed by atoms with Gasteiger partial charge >= 0.3 is 5.97 Å². The molecule has 16 heavy (non-hydrogen) atoms. The molecule has 0 bridgehead atoms. The first-order valence-electron chi connectivity index (χ1n) is 4.81. The molecule has 0 atom stereocenters. The summed E-state index contributed by atoms with van der Waals surface area (Å²) in [6, 6.07) is 7.54. The van der Waals surface area contributed by atoms with E-state index in [9.17, 15) is 4.79 Å². The molecule has 0 heterocycles. The summed E-state index contributed by atoms with van der Waals surface area (Å²) in [6.07, 6.45) is 0. The standard InChI is InChI=1S/C11H13NO3S/c1-3-15-11(13)10(12-14)16-9-6-4-8(2)5-7-9/h4-7,14H,3H2,1-2H3/b12-10-. The Balaban J connectivity index is 2.71. The lowest BCUT2D eigenvalue weighted by molar-refractivity contribution is -0.134. The van der Waals surface area contributed by atoms with Gasteiger partial charge in [-0.2, -0.15) is 0 Å². The minimum Gasteiger partial charge on any atom is -0.461 e.